The van der Waals surface area contributed by atoms with E-state index in [1.807, 2.05) is 58.0 Å². The summed E-state index contributed by atoms with van der Waals surface area (Å²) in [6.07, 6.45) is 6.21. The van der Waals surface area contributed by atoms with Gasteiger partial charge in [-0.05, 0) is 74.7 Å². The van der Waals surface area contributed by atoms with Crippen molar-refractivity contribution < 1.29 is 47.8 Å². The van der Waals surface area contributed by atoms with E-state index in [0.717, 1.165) is 44.1 Å². The lowest BCUT2D eigenvalue weighted by Gasteiger charge is -2.41. The number of nitrogens with zero attached hydrogens (tertiary/aromatic N) is 3. The van der Waals surface area contributed by atoms with Gasteiger partial charge in [-0.1, -0.05) is 77.8 Å². The number of benzene rings is 1. The molecule has 1 aromatic carbocycles. The first-order valence-corrected chi connectivity index (χ1v) is 23.3. The van der Waals surface area contributed by atoms with E-state index in [2.05, 4.69) is 10.2 Å². The molecule has 1 aliphatic carbocycles. The van der Waals surface area contributed by atoms with Gasteiger partial charge in [0.2, 0.25) is 23.6 Å². The zero-order valence-electron chi connectivity index (χ0n) is 39.4. The number of likely N-dealkylation sites (tertiary alicyclic amines) is 2. The van der Waals surface area contributed by atoms with Crippen LogP contribution in [-0.2, 0) is 54.2 Å². The SMILES string of the molecule is CC[C@H](C)[C@@H]([C@@H](CC(=O)N1CCC[C@H]1[C@H](OC)[C@@H](C)C(=O)C[C@@H](Cc1ccccc1)C(=O)OC)OC)N(C)C(=O)[C@@H](NC(=O)[C@@H]1[C@H]2CC[C@@H](C2)N1C(=O)CCCCCON)C(C)C. The van der Waals surface area contributed by atoms with Crippen LogP contribution in [0.1, 0.15) is 117 Å². The minimum atomic E-state index is -0.870. The Labute approximate surface area is 375 Å². The summed E-state index contributed by atoms with van der Waals surface area (Å²) in [5.41, 5.74) is 0.928. The molecule has 3 fully saturated rings. The molecule has 1 saturated carbocycles. The van der Waals surface area contributed by atoms with Crippen molar-refractivity contribution in [2.24, 2.45) is 35.5 Å². The molecule has 4 amide bonds. The molecule has 3 N–H and O–H groups in total. The first kappa shape index (κ1) is 51.7. The second kappa shape index (κ2) is 25.0. The van der Waals surface area contributed by atoms with E-state index in [0.29, 0.717) is 45.3 Å². The fourth-order valence-corrected chi connectivity index (χ4v) is 10.5. The van der Waals surface area contributed by atoms with Gasteiger partial charge in [-0.3, -0.25) is 28.8 Å². The van der Waals surface area contributed by atoms with Gasteiger partial charge in [0.1, 0.15) is 17.9 Å². The van der Waals surface area contributed by atoms with Crippen molar-refractivity contribution in [3.8, 4) is 0 Å². The number of likely N-dealkylation sites (N-methyl/N-ethyl adjacent to an activating group) is 1. The lowest BCUT2D eigenvalue weighted by Crippen LogP contribution is -2.60. The lowest BCUT2D eigenvalue weighted by molar-refractivity contribution is -0.150. The second-order valence-corrected chi connectivity index (χ2v) is 18.6. The van der Waals surface area contributed by atoms with Crippen molar-refractivity contribution >= 4 is 35.4 Å². The number of hydrogen-bond acceptors (Lipinski definition) is 11. The summed E-state index contributed by atoms with van der Waals surface area (Å²) in [6.45, 7) is 10.6. The molecular formula is C48H77N5O10. The van der Waals surface area contributed by atoms with E-state index < -0.39 is 48.1 Å². The number of piperidine rings is 1. The van der Waals surface area contributed by atoms with E-state index in [1.54, 1.807) is 42.9 Å². The molecule has 0 aromatic heterocycles. The molecule has 2 bridgehead atoms. The number of amides is 4. The number of methoxy groups -OCH3 is 3. The van der Waals surface area contributed by atoms with Crippen LogP contribution in [0.15, 0.2) is 30.3 Å². The third kappa shape index (κ3) is 13.1. The molecule has 15 heteroatoms. The van der Waals surface area contributed by atoms with Crippen LogP contribution < -0.4 is 11.2 Å². The van der Waals surface area contributed by atoms with Gasteiger partial charge in [-0.15, -0.1) is 0 Å². The van der Waals surface area contributed by atoms with E-state index in [9.17, 15) is 28.8 Å². The zero-order chi connectivity index (χ0) is 46.4. The Balaban J connectivity index is 1.46. The third-order valence-corrected chi connectivity index (χ3v) is 14.2. The number of fused-ring (bicyclic) bond motifs is 2. The molecule has 2 saturated heterocycles. The monoisotopic (exact) mass is 884 g/mol. The van der Waals surface area contributed by atoms with Gasteiger partial charge in [0.15, 0.2) is 0 Å². The number of carbonyl (C=O) groups excluding carboxylic acids is 6. The summed E-state index contributed by atoms with van der Waals surface area (Å²) in [7, 11) is 6.14. The van der Waals surface area contributed by atoms with E-state index in [1.165, 1.54) is 7.11 Å². The molecule has 15 nitrogen and oxygen atoms in total. The van der Waals surface area contributed by atoms with Crippen molar-refractivity contribution in [2.75, 3.05) is 41.5 Å². The maximum Gasteiger partial charge on any atom is 0.309 e. The molecular weight excluding hydrogens is 807 g/mol. The first-order valence-electron chi connectivity index (χ1n) is 23.3. The van der Waals surface area contributed by atoms with Crippen LogP contribution in [0.4, 0.5) is 0 Å². The average Bonchev–Trinajstić information content (AvgIpc) is 4.05. The highest BCUT2D eigenvalue weighted by Crippen LogP contribution is 2.43. The van der Waals surface area contributed by atoms with Crippen molar-refractivity contribution in [2.45, 2.75) is 161 Å². The van der Waals surface area contributed by atoms with Gasteiger partial charge in [0, 0.05) is 52.6 Å². The van der Waals surface area contributed by atoms with Crippen molar-refractivity contribution in [1.82, 2.24) is 20.0 Å². The third-order valence-electron chi connectivity index (χ3n) is 14.2. The summed E-state index contributed by atoms with van der Waals surface area (Å²) in [5, 5.41) is 3.09. The fourth-order valence-electron chi connectivity index (χ4n) is 10.5. The number of ketones is 1. The Morgan fingerprint density at radius 2 is 1.62 bits per heavy atom. The standard InChI is InChI=1S/C48H77N5O10/c1-10-31(4)43(51(6)47(58)42(30(2)3)50-46(57)44-34-22-23-36(27-34)53(44)40(55)21-15-12-16-25-63-49)39(60-7)29-41(56)52-24-17-20-37(52)45(61-8)32(5)38(54)28-35(48(59)62-9)26-33-18-13-11-14-19-33/h11,13-14,18-19,30-32,34-37,39,42-45H,10,12,15-17,20-29,49H2,1-9H3,(H,50,57)/t31-,32-,34-,35+,36-,37-,39+,42-,43-,44-,45+/m0/s1. The Hall–Kier alpha value is -3.92. The Bertz CT molecular complexity index is 1660. The highest BCUT2D eigenvalue weighted by atomic mass is 16.6. The molecule has 3 aliphatic rings. The number of unbranched alkanes of at least 4 members (excludes halogenated alkanes) is 2. The molecule has 2 aliphatic heterocycles. The Morgan fingerprint density at radius 1 is 0.905 bits per heavy atom. The van der Waals surface area contributed by atoms with Crippen LogP contribution in [-0.4, -0.2) is 134 Å². The van der Waals surface area contributed by atoms with Gasteiger partial charge in [0.25, 0.3) is 0 Å². The number of Topliss-reactive ketones (excluding diaryl/α,β-unsaturated/α-hetero) is 1. The van der Waals surface area contributed by atoms with Crippen LogP contribution in [0.2, 0.25) is 0 Å². The molecule has 11 atom stereocenters. The molecule has 0 unspecified atom stereocenters. The highest BCUT2D eigenvalue weighted by molar-refractivity contribution is 5.93. The number of esters is 1. The highest BCUT2D eigenvalue weighted by Gasteiger charge is 2.52. The van der Waals surface area contributed by atoms with Gasteiger partial charge in [-0.2, -0.15) is 0 Å². The maximum absolute atomic E-state index is 14.6. The van der Waals surface area contributed by atoms with Crippen LogP contribution in [0.5, 0.6) is 0 Å². The summed E-state index contributed by atoms with van der Waals surface area (Å²) < 4.78 is 17.2. The van der Waals surface area contributed by atoms with Crippen molar-refractivity contribution in [1.29, 1.82) is 0 Å². The van der Waals surface area contributed by atoms with Crippen molar-refractivity contribution in [3.05, 3.63) is 35.9 Å². The average molecular weight is 884 g/mol. The number of nitrogens with two attached hydrogens (primary N) is 1. The van der Waals surface area contributed by atoms with E-state index >= 15 is 0 Å². The Morgan fingerprint density at radius 3 is 2.24 bits per heavy atom. The van der Waals surface area contributed by atoms with Gasteiger partial charge < -0.3 is 39.1 Å². The fraction of sp³-hybridized carbons (Fsp3) is 0.750. The number of hydrogen-bond donors (Lipinski definition) is 2. The molecule has 1 aromatic rings. The summed E-state index contributed by atoms with van der Waals surface area (Å²) >= 11 is 0. The van der Waals surface area contributed by atoms with Crippen LogP contribution in [0, 0.1) is 29.6 Å². The molecule has 4 rings (SSSR count). The quantitative estimate of drug-likeness (QED) is 0.0735. The lowest BCUT2D eigenvalue weighted by atomic mass is 9.85. The zero-order valence-corrected chi connectivity index (χ0v) is 39.4. The van der Waals surface area contributed by atoms with Crippen LogP contribution in [0.3, 0.4) is 0 Å². The predicted octanol–water partition coefficient (Wildman–Crippen LogP) is 4.87. The molecule has 2 heterocycles. The molecule has 63 heavy (non-hydrogen) atoms. The number of carbonyl (C=O) groups is 6. The van der Waals surface area contributed by atoms with E-state index in [4.69, 9.17) is 20.1 Å². The molecule has 354 valence electrons. The normalized spacial score (nSPS) is 22.8. The molecule has 0 spiro atoms. The Kier molecular flexibility index (Phi) is 20.5. The molecule has 0 radical (unpaired) electrons. The van der Waals surface area contributed by atoms with Gasteiger partial charge >= 0.3 is 5.97 Å². The summed E-state index contributed by atoms with van der Waals surface area (Å²) in [5.74, 6) is 2.20. The van der Waals surface area contributed by atoms with E-state index in [-0.39, 0.29) is 72.1 Å². The summed E-state index contributed by atoms with van der Waals surface area (Å²) in [4.78, 5) is 93.2. The topological polar surface area (TPSA) is 187 Å². The predicted molar refractivity (Wildman–Crippen MR) is 239 cm³/mol. The number of rotatable bonds is 26. The van der Waals surface area contributed by atoms with Gasteiger partial charge in [-0.25, -0.2) is 5.90 Å². The largest absolute Gasteiger partial charge is 0.469 e. The minimum absolute atomic E-state index is 0.0138. The maximum atomic E-state index is 14.6. The minimum Gasteiger partial charge on any atom is -0.469 e. The van der Waals surface area contributed by atoms with Crippen LogP contribution in [0.25, 0.3) is 0 Å². The first-order chi connectivity index (χ1) is 30.1. The van der Waals surface area contributed by atoms with Crippen LogP contribution >= 0.6 is 0 Å². The van der Waals surface area contributed by atoms with Gasteiger partial charge in [0.05, 0.1) is 50.3 Å². The second-order valence-electron chi connectivity index (χ2n) is 18.6. The number of ether oxygens (including phenoxy) is 3. The smallest absolute Gasteiger partial charge is 0.309 e. The number of nitrogens with one attached hydrogen (secondary N) is 1. The van der Waals surface area contributed by atoms with Crippen molar-refractivity contribution in [3.63, 3.8) is 0 Å². The summed E-state index contributed by atoms with van der Waals surface area (Å²) in [6, 6.07) is 7.16.